The Kier molecular flexibility index (Phi) is 8.69. The molecule has 0 aliphatic carbocycles. The van der Waals surface area contributed by atoms with Crippen LogP contribution in [0.5, 0.6) is 0 Å². The van der Waals surface area contributed by atoms with Crippen molar-refractivity contribution in [1.29, 1.82) is 0 Å². The molecule has 0 saturated carbocycles. The van der Waals surface area contributed by atoms with E-state index < -0.39 is 22.5 Å². The van der Waals surface area contributed by atoms with E-state index in [9.17, 15) is 18.0 Å². The van der Waals surface area contributed by atoms with Crippen molar-refractivity contribution in [2.24, 2.45) is 5.10 Å². The van der Waals surface area contributed by atoms with Crippen LogP contribution in [0.1, 0.15) is 18.1 Å². The zero-order chi connectivity index (χ0) is 24.6. The lowest BCUT2D eigenvalue weighted by Gasteiger charge is -2.21. The molecule has 2 amide bonds. The van der Waals surface area contributed by atoms with E-state index in [0.717, 1.165) is 19.9 Å². The molecular formula is C24H23BrN4O4S. The van der Waals surface area contributed by atoms with Crippen LogP contribution in [-0.4, -0.2) is 37.3 Å². The molecule has 3 aromatic carbocycles. The van der Waals surface area contributed by atoms with Gasteiger partial charge in [0.05, 0.1) is 17.7 Å². The van der Waals surface area contributed by atoms with Gasteiger partial charge >= 0.3 is 0 Å². The molecule has 176 valence electrons. The van der Waals surface area contributed by atoms with Gasteiger partial charge in [0.1, 0.15) is 0 Å². The molecule has 0 aromatic heterocycles. The lowest BCUT2D eigenvalue weighted by Crippen LogP contribution is -2.39. The zero-order valence-corrected chi connectivity index (χ0v) is 20.7. The predicted octanol–water partition coefficient (Wildman–Crippen LogP) is 3.75. The maximum absolute atomic E-state index is 13.4. The molecule has 0 aliphatic heterocycles. The lowest BCUT2D eigenvalue weighted by molar-refractivity contribution is -0.121. The highest BCUT2D eigenvalue weighted by atomic mass is 79.9. The Morgan fingerprint density at radius 1 is 1.00 bits per heavy atom. The second-order valence-electron chi connectivity index (χ2n) is 7.31. The normalized spacial score (nSPS) is 11.5. The third-order valence-electron chi connectivity index (χ3n) is 4.59. The van der Waals surface area contributed by atoms with Gasteiger partial charge < -0.3 is 5.32 Å². The van der Waals surface area contributed by atoms with Crippen LogP contribution in [0, 0.1) is 0 Å². The molecule has 0 bridgehead atoms. The quantitative estimate of drug-likeness (QED) is 0.317. The first-order valence-electron chi connectivity index (χ1n) is 10.2. The Morgan fingerprint density at radius 2 is 1.71 bits per heavy atom. The fraction of sp³-hybridized carbons (Fsp3) is 0.125. The Balaban J connectivity index is 1.78. The van der Waals surface area contributed by atoms with Gasteiger partial charge in [-0.15, -0.1) is 0 Å². The molecule has 0 aliphatic rings. The average molecular weight is 543 g/mol. The molecule has 34 heavy (non-hydrogen) atoms. The largest absolute Gasteiger partial charge is 0.326 e. The molecule has 2 N–H and O–H groups in total. The van der Waals surface area contributed by atoms with E-state index in [4.69, 9.17) is 0 Å². The highest BCUT2D eigenvalue weighted by Gasteiger charge is 2.27. The minimum absolute atomic E-state index is 0.000608. The Hall–Kier alpha value is -3.34. The molecule has 0 fully saturated rings. The van der Waals surface area contributed by atoms with Crippen molar-refractivity contribution < 1.29 is 18.0 Å². The molecule has 0 spiro atoms. The molecule has 10 heteroatoms. The average Bonchev–Trinajstić information content (AvgIpc) is 2.79. The van der Waals surface area contributed by atoms with Crippen LogP contribution in [0.4, 0.5) is 5.69 Å². The molecule has 0 radical (unpaired) electrons. The van der Waals surface area contributed by atoms with Crippen molar-refractivity contribution in [3.8, 4) is 0 Å². The van der Waals surface area contributed by atoms with Crippen molar-refractivity contribution >= 4 is 49.7 Å². The number of hydrogen-bond donors (Lipinski definition) is 2. The number of benzene rings is 3. The summed E-state index contributed by atoms with van der Waals surface area (Å²) in [5.41, 5.74) is 4.35. The van der Waals surface area contributed by atoms with Crippen molar-refractivity contribution in [3.63, 3.8) is 0 Å². The van der Waals surface area contributed by atoms with Crippen molar-refractivity contribution in [2.75, 3.05) is 11.9 Å². The fourth-order valence-electron chi connectivity index (χ4n) is 3.04. The molecule has 0 heterocycles. The van der Waals surface area contributed by atoms with E-state index >= 15 is 0 Å². The molecule has 0 atom stereocenters. The number of sulfonamides is 1. The number of anilines is 1. The third-order valence-corrected chi connectivity index (χ3v) is 6.88. The molecule has 0 unspecified atom stereocenters. The number of halogens is 1. The molecular weight excluding hydrogens is 520 g/mol. The Morgan fingerprint density at radius 3 is 2.35 bits per heavy atom. The van der Waals surface area contributed by atoms with Crippen LogP contribution in [0.2, 0.25) is 0 Å². The predicted molar refractivity (Wildman–Crippen MR) is 135 cm³/mol. The molecule has 3 aromatic rings. The van der Waals surface area contributed by atoms with Gasteiger partial charge in [0.15, 0.2) is 0 Å². The number of hydrazone groups is 1. The summed E-state index contributed by atoms with van der Waals surface area (Å²) in [5.74, 6) is -0.845. The molecule has 3 rings (SSSR count). The first-order chi connectivity index (χ1) is 16.2. The summed E-state index contributed by atoms with van der Waals surface area (Å²) < 4.78 is 28.7. The van der Waals surface area contributed by atoms with E-state index in [1.54, 1.807) is 24.3 Å². The van der Waals surface area contributed by atoms with E-state index in [0.29, 0.717) is 5.69 Å². The van der Waals surface area contributed by atoms with Gasteiger partial charge in [0.2, 0.25) is 15.9 Å². The fourth-order valence-corrected chi connectivity index (χ4v) is 4.84. The van der Waals surface area contributed by atoms with Crippen LogP contribution < -0.4 is 10.7 Å². The maximum Gasteiger partial charge on any atom is 0.255 e. The Bertz CT molecular complexity index is 1280. The SMILES string of the molecule is CC(=O)Nc1ccc(S(=O)(=O)N(CC(=O)N/N=C/c2cccc(Br)c2)Cc2ccccc2)cc1. The maximum atomic E-state index is 13.4. The summed E-state index contributed by atoms with van der Waals surface area (Å²) in [6.45, 7) is 0.934. The van der Waals surface area contributed by atoms with Gasteiger partial charge in [0, 0.05) is 23.6 Å². The third kappa shape index (κ3) is 7.34. The number of nitrogens with zero attached hydrogens (tertiary/aromatic N) is 2. The zero-order valence-electron chi connectivity index (χ0n) is 18.3. The summed E-state index contributed by atoms with van der Waals surface area (Å²) in [6.07, 6.45) is 1.47. The van der Waals surface area contributed by atoms with Crippen LogP contribution >= 0.6 is 15.9 Å². The van der Waals surface area contributed by atoms with Gasteiger partial charge in [0.25, 0.3) is 5.91 Å². The van der Waals surface area contributed by atoms with Crippen LogP contribution in [0.25, 0.3) is 0 Å². The van der Waals surface area contributed by atoms with Crippen LogP contribution in [0.15, 0.2) is 93.3 Å². The van der Waals surface area contributed by atoms with E-state index in [1.807, 2.05) is 30.3 Å². The lowest BCUT2D eigenvalue weighted by atomic mass is 10.2. The minimum atomic E-state index is -4.02. The van der Waals surface area contributed by atoms with Gasteiger partial charge in [-0.05, 0) is 47.5 Å². The van der Waals surface area contributed by atoms with Gasteiger partial charge in [-0.1, -0.05) is 58.4 Å². The van der Waals surface area contributed by atoms with E-state index in [1.165, 1.54) is 37.4 Å². The van der Waals surface area contributed by atoms with Crippen molar-refractivity contribution in [3.05, 3.63) is 94.5 Å². The summed E-state index contributed by atoms with van der Waals surface area (Å²) in [4.78, 5) is 23.8. The Labute approximate surface area is 206 Å². The summed E-state index contributed by atoms with van der Waals surface area (Å²) in [6, 6.07) is 22.1. The minimum Gasteiger partial charge on any atom is -0.326 e. The van der Waals surface area contributed by atoms with Gasteiger partial charge in [-0.25, -0.2) is 13.8 Å². The second-order valence-corrected chi connectivity index (χ2v) is 10.2. The van der Waals surface area contributed by atoms with Crippen molar-refractivity contribution in [2.45, 2.75) is 18.4 Å². The smallest absolute Gasteiger partial charge is 0.255 e. The summed E-state index contributed by atoms with van der Waals surface area (Å²) in [7, 11) is -4.02. The van der Waals surface area contributed by atoms with Crippen LogP contribution in [-0.2, 0) is 26.2 Å². The van der Waals surface area contributed by atoms with E-state index in [2.05, 4.69) is 31.8 Å². The first-order valence-corrected chi connectivity index (χ1v) is 12.5. The topological polar surface area (TPSA) is 108 Å². The summed E-state index contributed by atoms with van der Waals surface area (Å²) >= 11 is 3.36. The van der Waals surface area contributed by atoms with Gasteiger partial charge in [-0.2, -0.15) is 9.41 Å². The molecule has 8 nitrogen and oxygen atoms in total. The monoisotopic (exact) mass is 542 g/mol. The summed E-state index contributed by atoms with van der Waals surface area (Å²) in [5, 5.41) is 6.52. The number of carbonyl (C=O) groups is 2. The number of hydrogen-bond acceptors (Lipinski definition) is 5. The standard InChI is InChI=1S/C24H23BrN4O4S/c1-18(30)27-22-10-12-23(13-11-22)34(32,33)29(16-19-6-3-2-4-7-19)17-24(31)28-26-15-20-8-5-9-21(25)14-20/h2-15H,16-17H2,1H3,(H,27,30)(H,28,31)/b26-15+. The van der Waals surface area contributed by atoms with E-state index in [-0.39, 0.29) is 17.3 Å². The highest BCUT2D eigenvalue weighted by Crippen LogP contribution is 2.20. The second kappa shape index (κ2) is 11.7. The molecule has 0 saturated heterocycles. The highest BCUT2D eigenvalue weighted by molar-refractivity contribution is 9.10. The first kappa shape index (κ1) is 25.3. The number of amides is 2. The number of rotatable bonds is 9. The number of carbonyl (C=O) groups excluding carboxylic acids is 2. The number of nitrogens with one attached hydrogen (secondary N) is 2. The van der Waals surface area contributed by atoms with Crippen LogP contribution in [0.3, 0.4) is 0 Å². The van der Waals surface area contributed by atoms with Gasteiger partial charge in [-0.3, -0.25) is 9.59 Å². The van der Waals surface area contributed by atoms with Crippen molar-refractivity contribution in [1.82, 2.24) is 9.73 Å².